The second-order valence-electron chi connectivity index (χ2n) is 4.51. The normalized spacial score (nSPS) is 12.2. The molecule has 0 aliphatic carbocycles. The zero-order valence-electron chi connectivity index (χ0n) is 11.0. The molecule has 0 saturated heterocycles. The van der Waals surface area contributed by atoms with E-state index in [-0.39, 0.29) is 5.82 Å². The fourth-order valence-electron chi connectivity index (χ4n) is 1.95. The summed E-state index contributed by atoms with van der Waals surface area (Å²) in [6, 6.07) is 8.06. The summed E-state index contributed by atoms with van der Waals surface area (Å²) in [4.78, 5) is 4.09. The molecule has 1 aromatic heterocycles. The fraction of sp³-hybridized carbons (Fsp3) is 0.267. The number of rotatable bonds is 5. The lowest BCUT2D eigenvalue weighted by molar-refractivity contribution is 0.175. The molecule has 0 saturated carbocycles. The molecular weight excluding hydrogens is 325 g/mol. The molecule has 0 spiro atoms. The van der Waals surface area contributed by atoms with Crippen LogP contribution in [0.25, 0.3) is 0 Å². The second-order valence-corrected chi connectivity index (χ2v) is 5.36. The minimum atomic E-state index is -0.594. The number of aliphatic hydroxyl groups is 1. The zero-order valence-corrected chi connectivity index (χ0v) is 12.6. The van der Waals surface area contributed by atoms with E-state index in [4.69, 9.17) is 4.74 Å². The summed E-state index contributed by atoms with van der Waals surface area (Å²) in [5, 5.41) is 10.1. The summed E-state index contributed by atoms with van der Waals surface area (Å²) >= 11 is 3.36. The van der Waals surface area contributed by atoms with Gasteiger partial charge in [0.05, 0.1) is 13.2 Å². The Morgan fingerprint density at radius 3 is 2.75 bits per heavy atom. The van der Waals surface area contributed by atoms with Gasteiger partial charge in [0.1, 0.15) is 5.82 Å². The van der Waals surface area contributed by atoms with E-state index in [0.717, 1.165) is 15.6 Å². The summed E-state index contributed by atoms with van der Waals surface area (Å²) in [5.41, 5.74) is 1.66. The third kappa shape index (κ3) is 4.02. The minimum absolute atomic E-state index is 0.304. The summed E-state index contributed by atoms with van der Waals surface area (Å²) in [6.07, 6.45) is 1.91. The lowest BCUT2D eigenvalue weighted by atomic mass is 10.0. The number of hydrogen-bond donors (Lipinski definition) is 1. The van der Waals surface area contributed by atoms with Crippen LogP contribution < -0.4 is 4.74 Å². The van der Waals surface area contributed by atoms with Gasteiger partial charge in [-0.15, -0.1) is 0 Å². The number of pyridine rings is 1. The van der Waals surface area contributed by atoms with Crippen LogP contribution >= 0.6 is 15.9 Å². The number of ether oxygens (including phenoxy) is 1. The molecule has 2 rings (SSSR count). The molecular formula is C15H15BrFNO2. The first-order valence-corrected chi connectivity index (χ1v) is 6.98. The summed E-state index contributed by atoms with van der Waals surface area (Å²) in [7, 11) is 1.55. The van der Waals surface area contributed by atoms with Crippen molar-refractivity contribution < 1.29 is 14.2 Å². The van der Waals surface area contributed by atoms with Gasteiger partial charge in [0, 0.05) is 23.2 Å². The monoisotopic (exact) mass is 339 g/mol. The Morgan fingerprint density at radius 1 is 1.30 bits per heavy atom. The Balaban J connectivity index is 2.00. The van der Waals surface area contributed by atoms with Crippen LogP contribution in [0.3, 0.4) is 0 Å². The number of hydrogen-bond acceptors (Lipinski definition) is 3. The predicted molar refractivity (Wildman–Crippen MR) is 78.3 cm³/mol. The van der Waals surface area contributed by atoms with Gasteiger partial charge in [-0.25, -0.2) is 9.37 Å². The van der Waals surface area contributed by atoms with E-state index in [1.165, 1.54) is 12.1 Å². The lowest BCUT2D eigenvalue weighted by Crippen LogP contribution is -2.14. The molecule has 2 aromatic rings. The minimum Gasteiger partial charge on any atom is -0.481 e. The fourth-order valence-corrected chi connectivity index (χ4v) is 2.36. The number of benzene rings is 1. The van der Waals surface area contributed by atoms with Gasteiger partial charge in [-0.05, 0) is 35.7 Å². The molecule has 1 aromatic carbocycles. The van der Waals surface area contributed by atoms with Crippen molar-refractivity contribution in [2.45, 2.75) is 18.9 Å². The first-order valence-electron chi connectivity index (χ1n) is 6.19. The van der Waals surface area contributed by atoms with Crippen LogP contribution in [0.2, 0.25) is 0 Å². The van der Waals surface area contributed by atoms with Crippen molar-refractivity contribution in [3.05, 3.63) is 57.9 Å². The quantitative estimate of drug-likeness (QED) is 0.909. The van der Waals surface area contributed by atoms with Gasteiger partial charge in [-0.2, -0.15) is 0 Å². The highest BCUT2D eigenvalue weighted by Crippen LogP contribution is 2.20. The van der Waals surface area contributed by atoms with Crippen LogP contribution in [-0.4, -0.2) is 23.3 Å². The second kappa shape index (κ2) is 6.81. The van der Waals surface area contributed by atoms with E-state index in [0.29, 0.717) is 18.7 Å². The van der Waals surface area contributed by atoms with E-state index in [1.54, 1.807) is 25.4 Å². The number of aliphatic hydroxyl groups excluding tert-OH is 1. The Kier molecular flexibility index (Phi) is 5.09. The number of aromatic nitrogens is 1. The number of methoxy groups -OCH3 is 1. The summed E-state index contributed by atoms with van der Waals surface area (Å²) < 4.78 is 19.0. The van der Waals surface area contributed by atoms with Gasteiger partial charge in [-0.3, -0.25) is 0 Å². The maximum absolute atomic E-state index is 13.2. The molecule has 0 amide bonds. The van der Waals surface area contributed by atoms with Gasteiger partial charge in [0.15, 0.2) is 0 Å². The van der Waals surface area contributed by atoms with Gasteiger partial charge >= 0.3 is 0 Å². The largest absolute Gasteiger partial charge is 0.481 e. The molecule has 0 bridgehead atoms. The SMILES string of the molecule is COc1ccc(CC(O)Cc2cc(F)ccc2Br)cn1. The van der Waals surface area contributed by atoms with Crippen LogP contribution in [0, 0.1) is 5.82 Å². The highest BCUT2D eigenvalue weighted by Gasteiger charge is 2.10. The van der Waals surface area contributed by atoms with E-state index in [9.17, 15) is 9.50 Å². The highest BCUT2D eigenvalue weighted by molar-refractivity contribution is 9.10. The standard InChI is InChI=1S/C15H15BrFNO2/c1-20-15-5-2-10(9-18-15)6-13(19)8-11-7-12(17)3-4-14(11)16/h2-5,7,9,13,19H,6,8H2,1H3. The van der Waals surface area contributed by atoms with Gasteiger partial charge < -0.3 is 9.84 Å². The molecule has 0 fully saturated rings. The Bertz CT molecular complexity index is 575. The molecule has 0 radical (unpaired) electrons. The van der Waals surface area contributed by atoms with Crippen molar-refractivity contribution in [3.63, 3.8) is 0 Å². The Morgan fingerprint density at radius 2 is 2.10 bits per heavy atom. The van der Waals surface area contributed by atoms with Crippen LogP contribution in [0.15, 0.2) is 41.0 Å². The summed E-state index contributed by atoms with van der Waals surface area (Å²) in [5.74, 6) is 0.234. The molecule has 1 unspecified atom stereocenters. The van der Waals surface area contributed by atoms with E-state index in [1.807, 2.05) is 6.07 Å². The molecule has 3 nitrogen and oxygen atoms in total. The maximum Gasteiger partial charge on any atom is 0.212 e. The Hall–Kier alpha value is -1.46. The van der Waals surface area contributed by atoms with Crippen molar-refractivity contribution >= 4 is 15.9 Å². The van der Waals surface area contributed by atoms with Gasteiger partial charge in [-0.1, -0.05) is 22.0 Å². The van der Waals surface area contributed by atoms with Gasteiger partial charge in [0.25, 0.3) is 0 Å². The van der Waals surface area contributed by atoms with Crippen LogP contribution in [0.4, 0.5) is 4.39 Å². The molecule has 1 N–H and O–H groups in total. The smallest absolute Gasteiger partial charge is 0.212 e. The number of nitrogens with zero attached hydrogens (tertiary/aromatic N) is 1. The summed E-state index contributed by atoms with van der Waals surface area (Å²) in [6.45, 7) is 0. The Labute approximate surface area is 125 Å². The molecule has 106 valence electrons. The van der Waals surface area contributed by atoms with Crippen LogP contribution in [-0.2, 0) is 12.8 Å². The van der Waals surface area contributed by atoms with Crippen LogP contribution in [0.1, 0.15) is 11.1 Å². The third-order valence-electron chi connectivity index (χ3n) is 2.94. The molecule has 0 aliphatic heterocycles. The lowest BCUT2D eigenvalue weighted by Gasteiger charge is -2.12. The first-order chi connectivity index (χ1) is 9.58. The maximum atomic E-state index is 13.2. The van der Waals surface area contributed by atoms with E-state index >= 15 is 0 Å². The molecule has 5 heteroatoms. The van der Waals surface area contributed by atoms with Crippen molar-refractivity contribution in [2.75, 3.05) is 7.11 Å². The topological polar surface area (TPSA) is 42.4 Å². The third-order valence-corrected chi connectivity index (χ3v) is 3.71. The van der Waals surface area contributed by atoms with Crippen molar-refractivity contribution in [1.82, 2.24) is 4.98 Å². The highest BCUT2D eigenvalue weighted by atomic mass is 79.9. The van der Waals surface area contributed by atoms with Crippen molar-refractivity contribution in [1.29, 1.82) is 0 Å². The van der Waals surface area contributed by atoms with E-state index < -0.39 is 6.10 Å². The zero-order chi connectivity index (χ0) is 14.5. The first kappa shape index (κ1) is 14.9. The molecule has 20 heavy (non-hydrogen) atoms. The van der Waals surface area contributed by atoms with Crippen LogP contribution in [0.5, 0.6) is 5.88 Å². The predicted octanol–water partition coefficient (Wildman–Crippen LogP) is 3.14. The average Bonchev–Trinajstić information content (AvgIpc) is 2.43. The number of halogens is 2. The van der Waals surface area contributed by atoms with Crippen molar-refractivity contribution in [2.24, 2.45) is 0 Å². The van der Waals surface area contributed by atoms with Gasteiger partial charge in [0.2, 0.25) is 5.88 Å². The molecule has 1 atom stereocenters. The molecule has 0 aliphatic rings. The van der Waals surface area contributed by atoms with E-state index in [2.05, 4.69) is 20.9 Å². The molecule has 1 heterocycles. The van der Waals surface area contributed by atoms with Crippen molar-refractivity contribution in [3.8, 4) is 5.88 Å². The average molecular weight is 340 g/mol.